The SMILES string of the molecule is CCN1CCN=C1c1ccc(CN2C(=O)CN(C(=O)c3ccc(Cl)cc3)Cc3ccccc32)cc1. The van der Waals surface area contributed by atoms with Crippen molar-refractivity contribution < 1.29 is 9.59 Å². The van der Waals surface area contributed by atoms with Gasteiger partial charge in [0, 0.05) is 41.5 Å². The molecule has 0 saturated carbocycles. The third-order valence-electron chi connectivity index (χ3n) is 6.51. The van der Waals surface area contributed by atoms with Crippen molar-refractivity contribution in [1.82, 2.24) is 9.80 Å². The number of carbonyl (C=O) groups is 2. The third kappa shape index (κ3) is 4.80. The molecule has 0 saturated heterocycles. The first-order chi connectivity index (χ1) is 17.0. The van der Waals surface area contributed by atoms with Gasteiger partial charge in [-0.05, 0) is 48.4 Å². The number of nitrogens with zero attached hydrogens (tertiary/aromatic N) is 4. The minimum atomic E-state index is -0.186. The summed E-state index contributed by atoms with van der Waals surface area (Å²) in [6, 6.07) is 22.8. The molecule has 2 amide bonds. The number of benzene rings is 3. The topological polar surface area (TPSA) is 56.2 Å². The second-order valence-corrected chi connectivity index (χ2v) is 9.20. The fourth-order valence-electron chi connectivity index (χ4n) is 4.65. The molecule has 0 aliphatic carbocycles. The second kappa shape index (κ2) is 9.92. The number of rotatable bonds is 5. The Kier molecular flexibility index (Phi) is 6.55. The number of aliphatic imine (C=N–C) groups is 1. The van der Waals surface area contributed by atoms with E-state index in [1.807, 2.05) is 24.3 Å². The van der Waals surface area contributed by atoms with E-state index in [1.54, 1.807) is 34.1 Å². The molecule has 0 fully saturated rings. The van der Waals surface area contributed by atoms with Crippen LogP contribution in [0.15, 0.2) is 77.8 Å². The molecule has 35 heavy (non-hydrogen) atoms. The number of amidine groups is 1. The van der Waals surface area contributed by atoms with Crippen LogP contribution in [0.4, 0.5) is 5.69 Å². The van der Waals surface area contributed by atoms with Crippen molar-refractivity contribution in [1.29, 1.82) is 0 Å². The van der Waals surface area contributed by atoms with E-state index < -0.39 is 0 Å². The van der Waals surface area contributed by atoms with E-state index in [2.05, 4.69) is 41.1 Å². The van der Waals surface area contributed by atoms with Gasteiger partial charge >= 0.3 is 0 Å². The lowest BCUT2D eigenvalue weighted by atomic mass is 10.1. The first-order valence-corrected chi connectivity index (χ1v) is 12.2. The van der Waals surface area contributed by atoms with E-state index in [1.165, 1.54) is 0 Å². The van der Waals surface area contributed by atoms with Crippen LogP contribution in [0.1, 0.15) is 34.0 Å². The molecule has 0 N–H and O–H groups in total. The molecule has 0 aromatic heterocycles. The molecule has 2 heterocycles. The van der Waals surface area contributed by atoms with Gasteiger partial charge in [-0.2, -0.15) is 0 Å². The van der Waals surface area contributed by atoms with Gasteiger partial charge in [0.15, 0.2) is 0 Å². The second-order valence-electron chi connectivity index (χ2n) is 8.76. The monoisotopic (exact) mass is 486 g/mol. The fourth-order valence-corrected chi connectivity index (χ4v) is 4.78. The molecular formula is C28H27ClN4O2. The molecule has 0 unspecified atom stereocenters. The van der Waals surface area contributed by atoms with Crippen LogP contribution in [-0.2, 0) is 17.9 Å². The van der Waals surface area contributed by atoms with Crippen molar-refractivity contribution in [3.63, 3.8) is 0 Å². The van der Waals surface area contributed by atoms with Crippen molar-refractivity contribution >= 4 is 34.9 Å². The first-order valence-electron chi connectivity index (χ1n) is 11.9. The summed E-state index contributed by atoms with van der Waals surface area (Å²) >= 11 is 5.98. The molecule has 2 aliphatic heterocycles. The highest BCUT2D eigenvalue weighted by Gasteiger charge is 2.29. The summed E-state index contributed by atoms with van der Waals surface area (Å²) in [4.78, 5) is 36.9. The van der Waals surface area contributed by atoms with Crippen LogP contribution >= 0.6 is 11.6 Å². The van der Waals surface area contributed by atoms with Gasteiger partial charge < -0.3 is 14.7 Å². The number of likely N-dealkylation sites (N-methyl/N-ethyl adjacent to an activating group) is 1. The Labute approximate surface area is 210 Å². The predicted molar refractivity (Wildman–Crippen MR) is 139 cm³/mol. The van der Waals surface area contributed by atoms with Crippen molar-refractivity contribution in [2.24, 2.45) is 4.99 Å². The summed E-state index contributed by atoms with van der Waals surface area (Å²) in [5.74, 6) is 0.735. The highest BCUT2D eigenvalue weighted by atomic mass is 35.5. The average molecular weight is 487 g/mol. The lowest BCUT2D eigenvalue weighted by molar-refractivity contribution is -0.119. The maximum atomic E-state index is 13.4. The van der Waals surface area contributed by atoms with E-state index in [0.29, 0.717) is 23.7 Å². The van der Waals surface area contributed by atoms with E-state index in [4.69, 9.17) is 11.6 Å². The Hall–Kier alpha value is -3.64. The van der Waals surface area contributed by atoms with Gasteiger partial charge in [0.1, 0.15) is 12.4 Å². The van der Waals surface area contributed by atoms with Crippen molar-refractivity contribution in [2.75, 3.05) is 31.1 Å². The Morgan fingerprint density at radius 2 is 1.71 bits per heavy atom. The maximum Gasteiger partial charge on any atom is 0.254 e. The largest absolute Gasteiger partial charge is 0.355 e. The third-order valence-corrected chi connectivity index (χ3v) is 6.77. The van der Waals surface area contributed by atoms with Gasteiger partial charge in [-0.3, -0.25) is 14.6 Å². The van der Waals surface area contributed by atoms with Crippen molar-refractivity contribution in [3.05, 3.63) is 100 Å². The molecule has 0 bridgehead atoms. The smallest absolute Gasteiger partial charge is 0.254 e. The molecular weight excluding hydrogens is 460 g/mol. The quantitative estimate of drug-likeness (QED) is 0.529. The molecule has 3 aromatic rings. The van der Waals surface area contributed by atoms with E-state index in [9.17, 15) is 9.59 Å². The summed E-state index contributed by atoms with van der Waals surface area (Å²) in [5, 5.41) is 0.568. The van der Waals surface area contributed by atoms with Gasteiger partial charge in [-0.25, -0.2) is 0 Å². The summed E-state index contributed by atoms with van der Waals surface area (Å²) in [6.45, 7) is 5.67. The molecule has 0 atom stereocenters. The number of fused-ring (bicyclic) bond motifs is 1. The summed E-state index contributed by atoms with van der Waals surface area (Å²) in [6.07, 6.45) is 0. The van der Waals surface area contributed by atoms with Crippen LogP contribution in [0.2, 0.25) is 5.02 Å². The minimum absolute atomic E-state index is 0.0104. The molecule has 0 radical (unpaired) electrons. The zero-order valence-electron chi connectivity index (χ0n) is 19.7. The van der Waals surface area contributed by atoms with Crippen LogP contribution in [0.3, 0.4) is 0 Å². The Balaban J connectivity index is 1.38. The molecule has 5 rings (SSSR count). The number of halogens is 1. The number of amides is 2. The van der Waals surface area contributed by atoms with Crippen LogP contribution in [0, 0.1) is 0 Å². The summed E-state index contributed by atoms with van der Waals surface area (Å²) in [5.41, 5.74) is 4.41. The normalized spacial score (nSPS) is 15.7. The number of carbonyl (C=O) groups excluding carboxylic acids is 2. The number of hydrogen-bond donors (Lipinski definition) is 0. The molecule has 0 spiro atoms. The molecule has 7 heteroatoms. The van der Waals surface area contributed by atoms with E-state index >= 15 is 0 Å². The van der Waals surface area contributed by atoms with Gasteiger partial charge in [0.25, 0.3) is 5.91 Å². The van der Waals surface area contributed by atoms with Crippen LogP contribution < -0.4 is 4.90 Å². The van der Waals surface area contributed by atoms with Crippen LogP contribution in [0.5, 0.6) is 0 Å². The first kappa shape index (κ1) is 23.1. The van der Waals surface area contributed by atoms with E-state index in [0.717, 1.165) is 47.8 Å². The lowest BCUT2D eigenvalue weighted by Gasteiger charge is -2.23. The average Bonchev–Trinajstić information content (AvgIpc) is 3.31. The Morgan fingerprint density at radius 1 is 0.971 bits per heavy atom. The van der Waals surface area contributed by atoms with Crippen LogP contribution in [-0.4, -0.2) is 53.6 Å². The Bertz CT molecular complexity index is 1270. The standard InChI is InChI=1S/C28H27ClN4O2/c1-2-31-16-15-30-27(31)21-9-7-20(8-10-21)17-33-25-6-4-3-5-23(25)18-32(19-26(33)34)28(35)22-11-13-24(29)14-12-22/h3-14H,2,15-19H2,1H3. The summed E-state index contributed by atoms with van der Waals surface area (Å²) in [7, 11) is 0. The van der Waals surface area contributed by atoms with Crippen molar-refractivity contribution in [3.8, 4) is 0 Å². The zero-order valence-corrected chi connectivity index (χ0v) is 20.4. The zero-order chi connectivity index (χ0) is 24.4. The molecule has 3 aromatic carbocycles. The molecule has 178 valence electrons. The lowest BCUT2D eigenvalue weighted by Crippen LogP contribution is -2.39. The van der Waals surface area contributed by atoms with Gasteiger partial charge in [0.05, 0.1) is 13.1 Å². The number of para-hydroxylation sites is 1. The number of anilines is 1. The summed E-state index contributed by atoms with van der Waals surface area (Å²) < 4.78 is 0. The predicted octanol–water partition coefficient (Wildman–Crippen LogP) is 4.61. The number of hydrogen-bond acceptors (Lipinski definition) is 4. The highest BCUT2D eigenvalue weighted by molar-refractivity contribution is 6.30. The highest BCUT2D eigenvalue weighted by Crippen LogP contribution is 2.28. The van der Waals surface area contributed by atoms with E-state index in [-0.39, 0.29) is 18.4 Å². The molecule has 2 aliphatic rings. The van der Waals surface area contributed by atoms with Gasteiger partial charge in [-0.15, -0.1) is 0 Å². The van der Waals surface area contributed by atoms with Crippen LogP contribution in [0.25, 0.3) is 0 Å². The molecule has 6 nitrogen and oxygen atoms in total. The van der Waals surface area contributed by atoms with Crippen molar-refractivity contribution in [2.45, 2.75) is 20.0 Å². The van der Waals surface area contributed by atoms with Gasteiger partial charge in [-0.1, -0.05) is 54.1 Å². The minimum Gasteiger partial charge on any atom is -0.355 e. The van der Waals surface area contributed by atoms with Gasteiger partial charge in [0.2, 0.25) is 5.91 Å². The Morgan fingerprint density at radius 3 is 2.46 bits per heavy atom. The fraction of sp³-hybridized carbons (Fsp3) is 0.250. The maximum absolute atomic E-state index is 13.4.